The Morgan fingerprint density at radius 2 is 2.04 bits per heavy atom. The highest BCUT2D eigenvalue weighted by molar-refractivity contribution is 5.93. The molecule has 0 atom stereocenters. The van der Waals surface area contributed by atoms with E-state index in [-0.39, 0.29) is 11.5 Å². The molecule has 120 valence electrons. The van der Waals surface area contributed by atoms with Gasteiger partial charge in [0.2, 0.25) is 0 Å². The third-order valence-corrected chi connectivity index (χ3v) is 4.18. The van der Waals surface area contributed by atoms with Crippen LogP contribution in [0.25, 0.3) is 11.3 Å². The van der Waals surface area contributed by atoms with Gasteiger partial charge in [-0.3, -0.25) is 14.7 Å². The van der Waals surface area contributed by atoms with Gasteiger partial charge in [0, 0.05) is 17.7 Å². The number of H-pyrrole nitrogens is 2. The van der Waals surface area contributed by atoms with Crippen molar-refractivity contribution in [3.05, 3.63) is 70.0 Å². The second-order valence-corrected chi connectivity index (χ2v) is 5.67. The molecule has 3 heterocycles. The molecule has 1 aliphatic heterocycles. The Morgan fingerprint density at radius 1 is 1.21 bits per heavy atom. The number of rotatable bonds is 2. The summed E-state index contributed by atoms with van der Waals surface area (Å²) in [5.41, 5.74) is 3.30. The number of amides is 1. The number of carbonyl (C=O) groups is 1. The Morgan fingerprint density at radius 3 is 2.88 bits per heavy atom. The zero-order valence-corrected chi connectivity index (χ0v) is 12.8. The molecule has 2 aromatic heterocycles. The number of nitrogens with one attached hydrogen (secondary N) is 2. The average molecular weight is 321 g/mol. The van der Waals surface area contributed by atoms with Crippen molar-refractivity contribution in [2.75, 3.05) is 6.54 Å². The number of hydrogen-bond acceptors (Lipinski definition) is 4. The number of aromatic nitrogens is 4. The lowest BCUT2D eigenvalue weighted by molar-refractivity contribution is 0.0725. The maximum atomic E-state index is 12.7. The maximum absolute atomic E-state index is 12.7. The molecular weight excluding hydrogens is 306 g/mol. The van der Waals surface area contributed by atoms with E-state index < -0.39 is 0 Å². The van der Waals surface area contributed by atoms with Gasteiger partial charge >= 0.3 is 0 Å². The highest BCUT2D eigenvalue weighted by Gasteiger charge is 2.25. The molecule has 0 fully saturated rings. The van der Waals surface area contributed by atoms with Crippen molar-refractivity contribution in [3.8, 4) is 11.3 Å². The molecule has 0 radical (unpaired) electrons. The molecule has 1 aliphatic rings. The first-order chi connectivity index (χ1) is 11.7. The van der Waals surface area contributed by atoms with Crippen LogP contribution in [0.2, 0.25) is 0 Å². The summed E-state index contributed by atoms with van der Waals surface area (Å²) in [6, 6.07) is 11.4. The van der Waals surface area contributed by atoms with E-state index in [1.165, 1.54) is 6.33 Å². The summed E-state index contributed by atoms with van der Waals surface area (Å²) in [4.78, 5) is 32.9. The summed E-state index contributed by atoms with van der Waals surface area (Å²) in [5.74, 6) is -0.141. The fraction of sp³-hybridized carbons (Fsp3) is 0.176. The van der Waals surface area contributed by atoms with Gasteiger partial charge in [-0.25, -0.2) is 4.98 Å². The van der Waals surface area contributed by atoms with E-state index in [9.17, 15) is 9.59 Å². The highest BCUT2D eigenvalue weighted by atomic mass is 16.2. The zero-order chi connectivity index (χ0) is 16.5. The molecule has 0 saturated heterocycles. The highest BCUT2D eigenvalue weighted by Crippen LogP contribution is 2.19. The monoisotopic (exact) mass is 321 g/mol. The molecule has 1 amide bonds. The van der Waals surface area contributed by atoms with Crippen molar-refractivity contribution in [3.63, 3.8) is 0 Å². The van der Waals surface area contributed by atoms with Gasteiger partial charge in [-0.05, 0) is 12.5 Å². The third kappa shape index (κ3) is 2.50. The molecule has 2 N–H and O–H groups in total. The van der Waals surface area contributed by atoms with E-state index in [1.54, 1.807) is 11.0 Å². The molecule has 0 aliphatic carbocycles. The summed E-state index contributed by atoms with van der Waals surface area (Å²) in [6.45, 7) is 0.818. The van der Waals surface area contributed by atoms with E-state index in [2.05, 4.69) is 20.2 Å². The van der Waals surface area contributed by atoms with Crippen molar-refractivity contribution < 1.29 is 4.79 Å². The van der Waals surface area contributed by atoms with Crippen LogP contribution < -0.4 is 5.56 Å². The van der Waals surface area contributed by atoms with Crippen molar-refractivity contribution in [2.24, 2.45) is 0 Å². The molecule has 3 aromatic rings. The average Bonchev–Trinajstić information content (AvgIpc) is 3.12. The number of aromatic amines is 2. The lowest BCUT2D eigenvalue weighted by Gasteiger charge is -2.26. The van der Waals surface area contributed by atoms with Crippen LogP contribution in [0.4, 0.5) is 0 Å². The van der Waals surface area contributed by atoms with Gasteiger partial charge in [0.25, 0.3) is 11.5 Å². The van der Waals surface area contributed by atoms with E-state index in [4.69, 9.17) is 0 Å². The first-order valence-corrected chi connectivity index (χ1v) is 7.68. The predicted molar refractivity (Wildman–Crippen MR) is 87.3 cm³/mol. The SMILES string of the molecule is O=C(c1cc(-c2ccccc2)n[nH]1)N1CCc2c(nc[nH]c2=O)C1. The topological polar surface area (TPSA) is 94.7 Å². The molecule has 1 aromatic carbocycles. The van der Waals surface area contributed by atoms with Crippen LogP contribution in [-0.2, 0) is 13.0 Å². The largest absolute Gasteiger partial charge is 0.331 e. The zero-order valence-electron chi connectivity index (χ0n) is 12.8. The van der Waals surface area contributed by atoms with Crippen LogP contribution in [0.1, 0.15) is 21.7 Å². The van der Waals surface area contributed by atoms with Gasteiger partial charge in [0.1, 0.15) is 5.69 Å². The standard InChI is InChI=1S/C17H15N5O2/c23-16-12-6-7-22(9-15(12)18-10-19-16)17(24)14-8-13(20-21-14)11-4-2-1-3-5-11/h1-5,8,10H,6-7,9H2,(H,20,21)(H,18,19,23). The molecule has 7 heteroatoms. The number of carbonyl (C=O) groups excluding carboxylic acids is 1. The smallest absolute Gasteiger partial charge is 0.272 e. The number of fused-ring (bicyclic) bond motifs is 1. The fourth-order valence-corrected chi connectivity index (χ4v) is 2.90. The molecular formula is C17H15N5O2. The summed E-state index contributed by atoms with van der Waals surface area (Å²) in [6.07, 6.45) is 1.88. The van der Waals surface area contributed by atoms with Gasteiger partial charge in [0.15, 0.2) is 0 Å². The van der Waals surface area contributed by atoms with Crippen LogP contribution in [-0.4, -0.2) is 37.5 Å². The van der Waals surface area contributed by atoms with Gasteiger partial charge in [-0.15, -0.1) is 0 Å². The molecule has 7 nitrogen and oxygen atoms in total. The van der Waals surface area contributed by atoms with Crippen LogP contribution in [0.3, 0.4) is 0 Å². The quantitative estimate of drug-likeness (QED) is 0.745. The lowest BCUT2D eigenvalue weighted by Crippen LogP contribution is -2.39. The summed E-state index contributed by atoms with van der Waals surface area (Å²) in [7, 11) is 0. The molecule has 24 heavy (non-hydrogen) atoms. The Kier molecular flexibility index (Phi) is 3.45. The first-order valence-electron chi connectivity index (χ1n) is 7.68. The fourth-order valence-electron chi connectivity index (χ4n) is 2.90. The van der Waals surface area contributed by atoms with Crippen molar-refractivity contribution in [2.45, 2.75) is 13.0 Å². The van der Waals surface area contributed by atoms with E-state index in [0.29, 0.717) is 36.5 Å². The van der Waals surface area contributed by atoms with Crippen LogP contribution >= 0.6 is 0 Å². The minimum atomic E-state index is -0.141. The summed E-state index contributed by atoms with van der Waals surface area (Å²) in [5, 5.41) is 7.02. The Balaban J connectivity index is 1.57. The Bertz CT molecular complexity index is 945. The van der Waals surface area contributed by atoms with Crippen molar-refractivity contribution in [1.82, 2.24) is 25.1 Å². The van der Waals surface area contributed by atoms with Crippen molar-refractivity contribution >= 4 is 5.91 Å². The maximum Gasteiger partial charge on any atom is 0.272 e. The Labute approximate surface area is 137 Å². The molecule has 0 saturated carbocycles. The minimum Gasteiger partial charge on any atom is -0.331 e. The van der Waals surface area contributed by atoms with Crippen molar-refractivity contribution in [1.29, 1.82) is 0 Å². The number of benzene rings is 1. The van der Waals surface area contributed by atoms with Crippen LogP contribution in [0, 0.1) is 0 Å². The minimum absolute atomic E-state index is 0.125. The molecule has 0 spiro atoms. The van der Waals surface area contributed by atoms with Crippen LogP contribution in [0.15, 0.2) is 47.5 Å². The Hall–Kier alpha value is -3.22. The molecule has 0 bridgehead atoms. The second-order valence-electron chi connectivity index (χ2n) is 5.67. The predicted octanol–water partition coefficient (Wildman–Crippen LogP) is 1.36. The summed E-state index contributed by atoms with van der Waals surface area (Å²) < 4.78 is 0. The number of nitrogens with zero attached hydrogens (tertiary/aromatic N) is 3. The first kappa shape index (κ1) is 14.4. The van der Waals surface area contributed by atoms with Crippen LogP contribution in [0.5, 0.6) is 0 Å². The lowest BCUT2D eigenvalue weighted by atomic mass is 10.1. The second kappa shape index (κ2) is 5.77. The number of hydrogen-bond donors (Lipinski definition) is 2. The molecule has 0 unspecified atom stereocenters. The normalized spacial score (nSPS) is 13.6. The van der Waals surface area contributed by atoms with E-state index in [0.717, 1.165) is 11.3 Å². The third-order valence-electron chi connectivity index (χ3n) is 4.18. The van der Waals surface area contributed by atoms with E-state index in [1.807, 2.05) is 30.3 Å². The van der Waals surface area contributed by atoms with Gasteiger partial charge in [-0.1, -0.05) is 30.3 Å². The van der Waals surface area contributed by atoms with Gasteiger partial charge < -0.3 is 9.88 Å². The summed E-state index contributed by atoms with van der Waals surface area (Å²) >= 11 is 0. The van der Waals surface area contributed by atoms with E-state index >= 15 is 0 Å². The molecule has 4 rings (SSSR count). The van der Waals surface area contributed by atoms with Gasteiger partial charge in [-0.2, -0.15) is 5.10 Å². The van der Waals surface area contributed by atoms with Gasteiger partial charge in [0.05, 0.1) is 24.3 Å².